The summed E-state index contributed by atoms with van der Waals surface area (Å²) in [7, 11) is 0. The second kappa shape index (κ2) is 15.0. The largest absolute Gasteiger partial charge is 0.509 e. The molecule has 12 rings (SSSR count). The van der Waals surface area contributed by atoms with Crippen molar-refractivity contribution in [3.63, 3.8) is 0 Å². The van der Waals surface area contributed by atoms with Crippen molar-refractivity contribution >= 4 is 50.2 Å². The Morgan fingerprint density at radius 1 is 0.588 bits per heavy atom. The van der Waals surface area contributed by atoms with E-state index >= 15 is 0 Å². The second-order valence-electron chi connectivity index (χ2n) is 22.0. The smallest absolute Gasteiger partial charge is 0.157 e. The van der Waals surface area contributed by atoms with E-state index in [-0.39, 0.29) is 42.7 Å². The molecule has 68 heavy (non-hydrogen) atoms. The van der Waals surface area contributed by atoms with Crippen LogP contribution in [0.4, 0.5) is 28.4 Å². The van der Waals surface area contributed by atoms with Crippen molar-refractivity contribution in [1.82, 2.24) is 9.55 Å². The maximum absolute atomic E-state index is 7.00. The zero-order valence-corrected chi connectivity index (χ0v) is 42.7. The molecule has 2 aromatic heterocycles. The number of nitrogens with zero attached hydrogens (tertiary/aromatic N) is 5. The van der Waals surface area contributed by atoms with E-state index in [2.05, 4.69) is 182 Å². The summed E-state index contributed by atoms with van der Waals surface area (Å²) in [5.74, 6) is 5.24. The Hall–Kier alpha value is -6.50. The second-order valence-corrected chi connectivity index (χ2v) is 22.0. The zero-order chi connectivity index (χ0) is 46.5. The molecule has 0 N–H and O–H groups in total. The van der Waals surface area contributed by atoms with Gasteiger partial charge < -0.3 is 28.6 Å². The molecule has 0 saturated carbocycles. The van der Waals surface area contributed by atoms with E-state index in [1.54, 1.807) is 0 Å². The summed E-state index contributed by atoms with van der Waals surface area (Å²) in [6.07, 6.45) is 5.96. The maximum atomic E-state index is 7.00. The molecule has 0 saturated heterocycles. The van der Waals surface area contributed by atoms with Crippen LogP contribution in [-0.4, -0.2) is 9.55 Å². The number of benzene rings is 6. The molecule has 4 aliphatic rings. The van der Waals surface area contributed by atoms with E-state index < -0.39 is 0 Å². The molecular weight excluding hydrogens is 1020 g/mol. The van der Waals surface area contributed by atoms with Gasteiger partial charge in [0.05, 0.1) is 11.4 Å². The van der Waals surface area contributed by atoms with Gasteiger partial charge in [0.2, 0.25) is 0 Å². The molecule has 8 aromatic rings. The van der Waals surface area contributed by atoms with Gasteiger partial charge in [-0.1, -0.05) is 112 Å². The monoisotopic (exact) mass is 1080 g/mol. The Morgan fingerprint density at radius 2 is 1.19 bits per heavy atom. The molecule has 346 valence electrons. The van der Waals surface area contributed by atoms with Crippen molar-refractivity contribution in [2.45, 2.75) is 97.8 Å². The van der Waals surface area contributed by atoms with Crippen molar-refractivity contribution in [2.75, 3.05) is 14.7 Å². The van der Waals surface area contributed by atoms with Crippen molar-refractivity contribution in [1.29, 1.82) is 0 Å². The average Bonchev–Trinajstić information content (AvgIpc) is 3.91. The fourth-order valence-electron chi connectivity index (χ4n) is 10.1. The van der Waals surface area contributed by atoms with Gasteiger partial charge in [0.15, 0.2) is 23.0 Å². The number of anilines is 5. The molecule has 0 unspecified atom stereocenters. The molecular formula is C59H54N5O3Pt-3. The van der Waals surface area contributed by atoms with Crippen LogP contribution in [0, 0.1) is 18.8 Å². The Bertz CT molecular complexity index is 3340. The van der Waals surface area contributed by atoms with E-state index in [1.807, 2.05) is 54.4 Å². The van der Waals surface area contributed by atoms with Crippen LogP contribution >= 0.6 is 0 Å². The van der Waals surface area contributed by atoms with Gasteiger partial charge in [0.1, 0.15) is 11.5 Å². The molecule has 0 bridgehead atoms. The number of ether oxygens (including phenoxy) is 3. The molecule has 0 spiro atoms. The quantitative estimate of drug-likeness (QED) is 0.159. The van der Waals surface area contributed by atoms with E-state index in [0.29, 0.717) is 11.5 Å². The molecule has 0 atom stereocenters. The molecule has 0 aliphatic carbocycles. The summed E-state index contributed by atoms with van der Waals surface area (Å²) >= 11 is 0. The Labute approximate surface area is 414 Å². The minimum Gasteiger partial charge on any atom is -0.509 e. The third-order valence-electron chi connectivity index (χ3n) is 13.9. The van der Waals surface area contributed by atoms with Gasteiger partial charge in [0.25, 0.3) is 0 Å². The molecule has 6 heterocycles. The SMILES string of the molecule is CC(C)(C)c1ccnc(-n2c3[c-]c(Oc4[c-]c(N5C=CN(c6cc7c8c(c6)Oc6cc(C(C)(C)C)cc9c6N8c6c(cc(C(C)(C)C)cc6C9(C)C)O7)[CH-]5)ccc4)ccc3c3ccccc32)c1.[Pt]. The van der Waals surface area contributed by atoms with Gasteiger partial charge in [0, 0.05) is 67.5 Å². The number of para-hydroxylation sites is 1. The minimum atomic E-state index is -0.295. The van der Waals surface area contributed by atoms with Crippen LogP contribution in [0.15, 0.2) is 122 Å². The van der Waals surface area contributed by atoms with Gasteiger partial charge in [-0.25, -0.2) is 4.98 Å². The molecule has 0 radical (unpaired) electrons. The van der Waals surface area contributed by atoms with Crippen LogP contribution in [0.5, 0.6) is 34.5 Å². The molecule has 4 aliphatic heterocycles. The summed E-state index contributed by atoms with van der Waals surface area (Å²) in [6, 6.07) is 43.4. The molecule has 6 aromatic carbocycles. The first-order chi connectivity index (χ1) is 31.8. The van der Waals surface area contributed by atoms with Crippen molar-refractivity contribution < 1.29 is 35.3 Å². The maximum Gasteiger partial charge on any atom is 0.157 e. The van der Waals surface area contributed by atoms with Gasteiger partial charge >= 0.3 is 0 Å². The zero-order valence-electron chi connectivity index (χ0n) is 40.4. The summed E-state index contributed by atoms with van der Waals surface area (Å²) < 4.78 is 22.7. The van der Waals surface area contributed by atoms with Crippen LogP contribution in [0.1, 0.15) is 104 Å². The molecule has 0 fully saturated rings. The average molecular weight is 1080 g/mol. The fourth-order valence-corrected chi connectivity index (χ4v) is 10.1. The van der Waals surface area contributed by atoms with Crippen LogP contribution in [-0.2, 0) is 42.7 Å². The minimum absolute atomic E-state index is 0. The van der Waals surface area contributed by atoms with E-state index in [9.17, 15) is 0 Å². The summed E-state index contributed by atoms with van der Waals surface area (Å²) in [6.45, 7) is 27.0. The standard InChI is InChI=1S/C59H54N5O3.Pt/c1-56(2,3)35-21-22-60-52(29-35)63-46-18-13-12-17-42(46)43-20-19-41(33-47(43)63)65-40-16-14-15-38(30-40)61-23-24-62(34-61)39-31-50-55-51(32-39)67-49-28-37(58(7,8)9)26-45-54(49)64(55)53-44(59(45,10)11)25-36(57(4,5)6)27-48(53)66-50;/h12-29,31-32,34H,1-11H3;/q-3;. The first kappa shape index (κ1) is 44.0. The third kappa shape index (κ3) is 6.84. The number of aromatic nitrogens is 2. The molecule has 8 nitrogen and oxygen atoms in total. The Morgan fingerprint density at radius 3 is 1.84 bits per heavy atom. The van der Waals surface area contributed by atoms with Crippen molar-refractivity contribution in [2.24, 2.45) is 0 Å². The van der Waals surface area contributed by atoms with E-state index in [0.717, 1.165) is 79.1 Å². The van der Waals surface area contributed by atoms with Gasteiger partial charge in [-0.3, -0.25) is 4.90 Å². The van der Waals surface area contributed by atoms with Crippen LogP contribution in [0.25, 0.3) is 27.6 Å². The number of pyridine rings is 1. The summed E-state index contributed by atoms with van der Waals surface area (Å²) in [4.78, 5) is 11.4. The van der Waals surface area contributed by atoms with E-state index in [1.165, 1.54) is 27.8 Å². The number of fused-ring (bicyclic) bond motifs is 3. The predicted octanol–water partition coefficient (Wildman–Crippen LogP) is 15.7. The van der Waals surface area contributed by atoms with Gasteiger partial charge in [-0.05, 0) is 92.2 Å². The topological polar surface area (TPSA) is 55.2 Å². The first-order valence-electron chi connectivity index (χ1n) is 23.3. The van der Waals surface area contributed by atoms with Crippen LogP contribution in [0.2, 0.25) is 0 Å². The van der Waals surface area contributed by atoms with E-state index in [4.69, 9.17) is 19.2 Å². The number of hydrogen-bond acceptors (Lipinski definition) is 7. The summed E-state index contributed by atoms with van der Waals surface area (Å²) in [5.41, 5.74) is 12.6. The number of hydrogen-bond donors (Lipinski definition) is 0. The fraction of sp³-hybridized carbons (Fsp3) is 0.254. The number of rotatable bonds is 5. The van der Waals surface area contributed by atoms with Gasteiger partial charge in [-0.15, -0.1) is 48.1 Å². The third-order valence-corrected chi connectivity index (χ3v) is 13.9. The molecule has 0 amide bonds. The predicted molar refractivity (Wildman–Crippen MR) is 271 cm³/mol. The molecule has 9 heteroatoms. The van der Waals surface area contributed by atoms with Gasteiger partial charge in [-0.2, -0.15) is 12.1 Å². The van der Waals surface area contributed by atoms with Crippen molar-refractivity contribution in [3.05, 3.63) is 168 Å². The Balaban J connectivity index is 0.00000507. The van der Waals surface area contributed by atoms with Crippen LogP contribution < -0.4 is 28.9 Å². The normalized spacial score (nSPS) is 15.3. The first-order valence-corrected chi connectivity index (χ1v) is 23.3. The Kier molecular flexibility index (Phi) is 9.71. The van der Waals surface area contributed by atoms with Crippen LogP contribution in [0.3, 0.4) is 0 Å². The van der Waals surface area contributed by atoms with Crippen molar-refractivity contribution in [3.8, 4) is 40.3 Å². The summed E-state index contributed by atoms with van der Waals surface area (Å²) in [5, 5.41) is 2.22.